The fourth-order valence-corrected chi connectivity index (χ4v) is 5.01. The molecule has 5 rings (SSSR count). The van der Waals surface area contributed by atoms with Gasteiger partial charge in [-0.15, -0.1) is 4.28 Å². The molecule has 1 saturated carbocycles. The molecule has 0 aromatic carbocycles. The molecule has 126 valence electrons. The van der Waals surface area contributed by atoms with Gasteiger partial charge in [-0.2, -0.15) is 13.5 Å². The lowest BCUT2D eigenvalue weighted by atomic mass is 9.93. The van der Waals surface area contributed by atoms with Gasteiger partial charge in [-0.25, -0.2) is 4.79 Å². The van der Waals surface area contributed by atoms with Gasteiger partial charge in [-0.1, -0.05) is 5.16 Å². The van der Waals surface area contributed by atoms with Gasteiger partial charge in [-0.3, -0.25) is 4.55 Å². The van der Waals surface area contributed by atoms with Crippen molar-refractivity contribution in [1.29, 1.82) is 0 Å². The summed E-state index contributed by atoms with van der Waals surface area (Å²) in [5.41, 5.74) is 0.641. The highest BCUT2D eigenvalue weighted by atomic mass is 32.3. The molecule has 11 heteroatoms. The number of amides is 2. The predicted molar refractivity (Wildman–Crippen MR) is 74.5 cm³/mol. The Hall–Kier alpha value is -1.43. The zero-order valence-electron chi connectivity index (χ0n) is 12.1. The molecule has 2 bridgehead atoms. The maximum atomic E-state index is 12.4. The van der Waals surface area contributed by atoms with E-state index in [0.717, 1.165) is 23.7 Å². The van der Waals surface area contributed by atoms with Crippen molar-refractivity contribution in [3.63, 3.8) is 0 Å². The fraction of sp³-hybridized carbons (Fsp3) is 0.833. The third kappa shape index (κ3) is 1.76. The van der Waals surface area contributed by atoms with Crippen molar-refractivity contribution in [3.05, 3.63) is 0 Å². The van der Waals surface area contributed by atoms with Gasteiger partial charge in [0.15, 0.2) is 5.60 Å². The summed E-state index contributed by atoms with van der Waals surface area (Å²) >= 11 is 0. The zero-order valence-corrected chi connectivity index (χ0v) is 12.9. The maximum absolute atomic E-state index is 12.4. The summed E-state index contributed by atoms with van der Waals surface area (Å²) in [7, 11) is -4.72. The highest BCUT2D eigenvalue weighted by molar-refractivity contribution is 7.80. The molecule has 2 unspecified atom stereocenters. The largest absolute Gasteiger partial charge is 0.418 e. The summed E-state index contributed by atoms with van der Waals surface area (Å²) < 4.78 is 35.1. The van der Waals surface area contributed by atoms with E-state index in [4.69, 9.17) is 9.39 Å². The minimum Gasteiger partial charge on any atom is -0.387 e. The molecule has 5 aliphatic rings. The van der Waals surface area contributed by atoms with Crippen LogP contribution >= 0.6 is 0 Å². The number of nitrogens with zero attached hydrogens (tertiary/aromatic N) is 3. The van der Waals surface area contributed by atoms with Gasteiger partial charge in [0, 0.05) is 13.0 Å². The van der Waals surface area contributed by atoms with Gasteiger partial charge >= 0.3 is 16.4 Å². The lowest BCUT2D eigenvalue weighted by Crippen LogP contribution is -2.46. The lowest BCUT2D eigenvalue weighted by molar-refractivity contribution is -0.0316. The molecule has 3 saturated heterocycles. The Balaban J connectivity index is 1.38. The highest BCUT2D eigenvalue weighted by Gasteiger charge is 2.76. The van der Waals surface area contributed by atoms with Crippen LogP contribution in [0.5, 0.6) is 0 Å². The van der Waals surface area contributed by atoms with E-state index < -0.39 is 16.4 Å². The quantitative estimate of drug-likeness (QED) is 0.637. The van der Waals surface area contributed by atoms with Crippen LogP contribution in [0.15, 0.2) is 5.16 Å². The Kier molecular flexibility index (Phi) is 2.52. The molecule has 1 aliphatic carbocycles. The Morgan fingerprint density at radius 3 is 3.00 bits per heavy atom. The summed E-state index contributed by atoms with van der Waals surface area (Å²) in [5.74, 6) is 0.196. The van der Waals surface area contributed by atoms with Crippen molar-refractivity contribution in [2.45, 2.75) is 43.0 Å². The second-order valence-corrected chi connectivity index (χ2v) is 7.74. The molecular formula is C12H16N4O6S. The van der Waals surface area contributed by atoms with E-state index in [1.807, 2.05) is 0 Å². The van der Waals surface area contributed by atoms with Crippen LogP contribution in [0.4, 0.5) is 4.79 Å². The molecule has 4 aliphatic heterocycles. The van der Waals surface area contributed by atoms with E-state index in [1.54, 1.807) is 4.90 Å². The molecule has 10 nitrogen and oxygen atoms in total. The molecule has 0 radical (unpaired) electrons. The van der Waals surface area contributed by atoms with Gasteiger partial charge < -0.3 is 15.1 Å². The van der Waals surface area contributed by atoms with Crippen LogP contribution in [0.1, 0.15) is 19.3 Å². The fourth-order valence-electron chi connectivity index (χ4n) is 4.62. The van der Waals surface area contributed by atoms with Gasteiger partial charge in [0.1, 0.15) is 0 Å². The summed E-state index contributed by atoms with van der Waals surface area (Å²) in [4.78, 5) is 19.7. The van der Waals surface area contributed by atoms with E-state index in [0.29, 0.717) is 19.4 Å². The van der Waals surface area contributed by atoms with Gasteiger partial charge in [-0.05, 0) is 19.4 Å². The van der Waals surface area contributed by atoms with E-state index >= 15 is 0 Å². The Bertz CT molecular complexity index is 725. The van der Waals surface area contributed by atoms with E-state index in [-0.39, 0.29) is 29.6 Å². The summed E-state index contributed by atoms with van der Waals surface area (Å²) in [6.07, 6.45) is 2.17. The molecule has 4 fully saturated rings. The van der Waals surface area contributed by atoms with E-state index in [2.05, 4.69) is 14.8 Å². The summed E-state index contributed by atoms with van der Waals surface area (Å²) in [5, 5.41) is 8.38. The number of hydrogen-bond donors (Lipinski definition) is 2. The number of rotatable bonds is 3. The van der Waals surface area contributed by atoms with Crippen molar-refractivity contribution in [2.75, 3.05) is 13.1 Å². The minimum atomic E-state index is -4.72. The first-order valence-electron chi connectivity index (χ1n) is 7.67. The van der Waals surface area contributed by atoms with Crippen LogP contribution in [0.3, 0.4) is 0 Å². The van der Waals surface area contributed by atoms with E-state index in [9.17, 15) is 13.2 Å². The van der Waals surface area contributed by atoms with Gasteiger partial charge in [0.25, 0.3) is 0 Å². The van der Waals surface area contributed by atoms with E-state index in [1.165, 1.54) is 0 Å². The number of nitrogens with one attached hydrogen (secondary N) is 1. The number of carbonyl (C=O) groups is 1. The van der Waals surface area contributed by atoms with Gasteiger partial charge in [0.2, 0.25) is 0 Å². The van der Waals surface area contributed by atoms with Crippen LogP contribution in [-0.2, 0) is 19.5 Å². The van der Waals surface area contributed by atoms with Crippen molar-refractivity contribution < 1.29 is 26.9 Å². The number of oxime groups is 1. The Morgan fingerprint density at radius 2 is 2.26 bits per heavy atom. The first kappa shape index (κ1) is 14.0. The summed E-state index contributed by atoms with van der Waals surface area (Å²) in [6.45, 7) is 1.27. The third-order valence-corrected chi connectivity index (χ3v) is 5.98. The molecule has 23 heavy (non-hydrogen) atoms. The SMILES string of the molecule is O=C1N2C[C@@H](CC[C@H]2C2=NO[C@]34CCNC3C24)N1OS(=O)(=O)O. The van der Waals surface area contributed by atoms with Crippen LogP contribution < -0.4 is 5.32 Å². The summed E-state index contributed by atoms with van der Waals surface area (Å²) in [6, 6.07) is -0.868. The number of piperidine rings is 2. The van der Waals surface area contributed by atoms with Crippen molar-refractivity contribution in [1.82, 2.24) is 15.3 Å². The predicted octanol–water partition coefficient (Wildman–Crippen LogP) is -0.894. The molecule has 1 spiro atoms. The second kappa shape index (κ2) is 4.15. The smallest absolute Gasteiger partial charge is 0.387 e. The molecule has 0 aromatic rings. The number of fused-ring (bicyclic) bond motifs is 3. The monoisotopic (exact) mass is 344 g/mol. The van der Waals surface area contributed by atoms with Crippen LogP contribution in [0, 0.1) is 5.92 Å². The lowest BCUT2D eigenvalue weighted by Gasteiger charge is -2.30. The average molecular weight is 344 g/mol. The van der Waals surface area contributed by atoms with Crippen LogP contribution in [-0.4, -0.2) is 71.5 Å². The number of hydrogen-bond acceptors (Lipinski definition) is 7. The molecule has 4 heterocycles. The van der Waals surface area contributed by atoms with Crippen molar-refractivity contribution in [3.8, 4) is 0 Å². The normalized spacial score (nSPS) is 44.0. The topological polar surface area (TPSA) is 121 Å². The van der Waals surface area contributed by atoms with Crippen molar-refractivity contribution in [2.24, 2.45) is 11.1 Å². The minimum absolute atomic E-state index is 0.196. The zero-order chi connectivity index (χ0) is 16.0. The first-order valence-corrected chi connectivity index (χ1v) is 9.03. The molecule has 2 amide bonds. The standard InChI is InChI=1S/C12H16N4O6S/c17-11-15-5-6(16(11)22-23(18,19)20)1-2-7(15)9-8-10-12(8,21-14-9)3-4-13-10/h6-8,10,13H,1-5H2,(H,18,19,20)/t6-,7+,8?,10?,12+/m1/s1. The average Bonchev–Trinajstić information content (AvgIpc) is 2.87. The maximum Gasteiger partial charge on any atom is 0.418 e. The van der Waals surface area contributed by atoms with Crippen LogP contribution in [0.25, 0.3) is 0 Å². The molecule has 2 N–H and O–H groups in total. The second-order valence-electron chi connectivity index (χ2n) is 6.73. The molecule has 0 aromatic heterocycles. The Morgan fingerprint density at radius 1 is 1.43 bits per heavy atom. The number of hydroxylamine groups is 2. The van der Waals surface area contributed by atoms with Gasteiger partial charge in [0.05, 0.1) is 29.8 Å². The highest BCUT2D eigenvalue weighted by Crippen LogP contribution is 2.58. The first-order chi connectivity index (χ1) is 10.9. The number of carbonyl (C=O) groups excluding carboxylic acids is 1. The third-order valence-electron chi connectivity index (χ3n) is 5.64. The Labute approximate surface area is 132 Å². The molecule has 5 atom stereocenters. The molecular weight excluding hydrogens is 328 g/mol. The van der Waals surface area contributed by atoms with Crippen LogP contribution in [0.2, 0.25) is 0 Å². The van der Waals surface area contributed by atoms with Crippen molar-refractivity contribution >= 4 is 22.1 Å². The number of urea groups is 1.